The molecule has 0 saturated carbocycles. The zero-order chi connectivity index (χ0) is 13.7. The van der Waals surface area contributed by atoms with Crippen LogP contribution in [0.15, 0.2) is 0 Å². The second kappa shape index (κ2) is 7.58. The molecule has 4 heteroatoms. The predicted molar refractivity (Wildman–Crippen MR) is 77.4 cm³/mol. The maximum absolute atomic E-state index is 5.68. The molecule has 1 N–H and O–H groups in total. The number of likely N-dealkylation sites (tertiary alicyclic amines) is 1. The quantitative estimate of drug-likeness (QED) is 0.818. The minimum Gasteiger partial charge on any atom is -0.381 e. The van der Waals surface area contributed by atoms with E-state index in [0.29, 0.717) is 24.0 Å². The van der Waals surface area contributed by atoms with Crippen LogP contribution in [0.5, 0.6) is 0 Å². The fraction of sp³-hybridized carbons (Fsp3) is 1.00. The summed E-state index contributed by atoms with van der Waals surface area (Å²) in [7, 11) is 1.84. The molecule has 4 nitrogen and oxygen atoms in total. The van der Waals surface area contributed by atoms with Crippen molar-refractivity contribution in [3.05, 3.63) is 0 Å². The highest BCUT2D eigenvalue weighted by molar-refractivity contribution is 4.85. The number of methoxy groups -OCH3 is 1. The number of nitrogens with one attached hydrogen (secondary N) is 1. The van der Waals surface area contributed by atoms with E-state index in [2.05, 4.69) is 24.1 Å². The van der Waals surface area contributed by atoms with Crippen molar-refractivity contribution >= 4 is 0 Å². The lowest BCUT2D eigenvalue weighted by Gasteiger charge is -2.40. The number of rotatable bonds is 5. The number of nitrogens with zero attached hydrogens (tertiary/aromatic N) is 1. The lowest BCUT2D eigenvalue weighted by atomic mass is 9.91. The maximum Gasteiger partial charge on any atom is 0.0724 e. The van der Waals surface area contributed by atoms with Gasteiger partial charge in [-0.25, -0.2) is 0 Å². The SMILES string of the molecule is CCNC1CCOCC1CN1CCC(C)C(OC)C1. The molecule has 0 bridgehead atoms. The van der Waals surface area contributed by atoms with Crippen LogP contribution in [0.1, 0.15) is 26.7 Å². The molecule has 2 aliphatic rings. The first kappa shape index (κ1) is 15.2. The molecule has 0 aliphatic carbocycles. The fourth-order valence-electron chi connectivity index (χ4n) is 3.41. The first-order valence-electron chi connectivity index (χ1n) is 7.80. The Balaban J connectivity index is 1.84. The van der Waals surface area contributed by atoms with E-state index >= 15 is 0 Å². The summed E-state index contributed by atoms with van der Waals surface area (Å²) in [5.41, 5.74) is 0. The zero-order valence-electron chi connectivity index (χ0n) is 12.7. The molecule has 2 rings (SSSR count). The molecule has 4 atom stereocenters. The summed E-state index contributed by atoms with van der Waals surface area (Å²) >= 11 is 0. The van der Waals surface area contributed by atoms with Crippen molar-refractivity contribution in [3.8, 4) is 0 Å². The van der Waals surface area contributed by atoms with E-state index in [-0.39, 0.29) is 0 Å². The Labute approximate surface area is 117 Å². The van der Waals surface area contributed by atoms with E-state index in [1.165, 1.54) is 13.0 Å². The van der Waals surface area contributed by atoms with E-state index in [1.54, 1.807) is 0 Å². The lowest BCUT2D eigenvalue weighted by Crippen LogP contribution is -2.51. The zero-order valence-corrected chi connectivity index (χ0v) is 12.7. The minimum atomic E-state index is 0.399. The second-order valence-corrected chi connectivity index (χ2v) is 6.09. The predicted octanol–water partition coefficient (Wildman–Crippen LogP) is 1.36. The Morgan fingerprint density at radius 3 is 2.95 bits per heavy atom. The van der Waals surface area contributed by atoms with Gasteiger partial charge in [0.2, 0.25) is 0 Å². The van der Waals surface area contributed by atoms with Crippen molar-refractivity contribution in [2.24, 2.45) is 11.8 Å². The van der Waals surface area contributed by atoms with Gasteiger partial charge in [-0.05, 0) is 31.8 Å². The standard InChI is InChI=1S/C15H30N2O2/c1-4-16-14-6-8-19-11-13(14)9-17-7-5-12(2)15(10-17)18-3/h12-16H,4-11H2,1-3H3. The van der Waals surface area contributed by atoms with E-state index in [9.17, 15) is 0 Å². The van der Waals surface area contributed by atoms with Gasteiger partial charge in [-0.1, -0.05) is 13.8 Å². The molecule has 2 saturated heterocycles. The normalized spacial score (nSPS) is 37.4. The second-order valence-electron chi connectivity index (χ2n) is 6.09. The first-order chi connectivity index (χ1) is 9.24. The van der Waals surface area contributed by atoms with Crippen molar-refractivity contribution < 1.29 is 9.47 Å². The van der Waals surface area contributed by atoms with Gasteiger partial charge in [0.25, 0.3) is 0 Å². The van der Waals surface area contributed by atoms with Crippen molar-refractivity contribution in [3.63, 3.8) is 0 Å². The molecule has 0 aromatic rings. The molecule has 112 valence electrons. The number of hydrogen-bond donors (Lipinski definition) is 1. The van der Waals surface area contributed by atoms with Gasteiger partial charge in [-0.15, -0.1) is 0 Å². The molecule has 2 aliphatic heterocycles. The summed E-state index contributed by atoms with van der Waals surface area (Å²) in [6, 6.07) is 0.624. The van der Waals surface area contributed by atoms with E-state index in [4.69, 9.17) is 9.47 Å². The van der Waals surface area contributed by atoms with E-state index in [1.807, 2.05) is 7.11 Å². The van der Waals surface area contributed by atoms with Crippen molar-refractivity contribution in [1.82, 2.24) is 10.2 Å². The maximum atomic E-state index is 5.68. The van der Waals surface area contributed by atoms with Gasteiger partial charge in [0.15, 0.2) is 0 Å². The topological polar surface area (TPSA) is 33.7 Å². The lowest BCUT2D eigenvalue weighted by molar-refractivity contribution is -0.0287. The van der Waals surface area contributed by atoms with Crippen molar-refractivity contribution in [1.29, 1.82) is 0 Å². The molecule has 0 aromatic carbocycles. The van der Waals surface area contributed by atoms with Crippen LogP contribution in [-0.4, -0.2) is 63.5 Å². The molecule has 0 aromatic heterocycles. The van der Waals surface area contributed by atoms with Gasteiger partial charge in [0, 0.05) is 38.8 Å². The average Bonchev–Trinajstić information content (AvgIpc) is 2.43. The first-order valence-corrected chi connectivity index (χ1v) is 7.80. The highest BCUT2D eigenvalue weighted by Crippen LogP contribution is 2.22. The molecule has 0 amide bonds. The van der Waals surface area contributed by atoms with Gasteiger partial charge >= 0.3 is 0 Å². The van der Waals surface area contributed by atoms with Gasteiger partial charge in [0.05, 0.1) is 12.7 Å². The molecule has 4 unspecified atom stereocenters. The van der Waals surface area contributed by atoms with Gasteiger partial charge in [0.1, 0.15) is 0 Å². The third-order valence-corrected chi connectivity index (χ3v) is 4.71. The molecule has 2 fully saturated rings. The molecular weight excluding hydrogens is 240 g/mol. The highest BCUT2D eigenvalue weighted by atomic mass is 16.5. The smallest absolute Gasteiger partial charge is 0.0724 e. The Bertz CT molecular complexity index is 261. The molecule has 2 heterocycles. The molecule has 19 heavy (non-hydrogen) atoms. The Hall–Kier alpha value is -0.160. The summed E-state index contributed by atoms with van der Waals surface area (Å²) in [5.74, 6) is 1.31. The van der Waals surface area contributed by atoms with Crippen LogP contribution in [0.25, 0.3) is 0 Å². The Kier molecular flexibility index (Phi) is 6.07. The van der Waals surface area contributed by atoms with Gasteiger partial charge in [-0.2, -0.15) is 0 Å². The van der Waals surface area contributed by atoms with Crippen LogP contribution in [0.4, 0.5) is 0 Å². The van der Waals surface area contributed by atoms with E-state index in [0.717, 1.165) is 39.3 Å². The summed E-state index contributed by atoms with van der Waals surface area (Å²) in [6.07, 6.45) is 2.80. The van der Waals surface area contributed by atoms with E-state index < -0.39 is 0 Å². The van der Waals surface area contributed by atoms with Crippen molar-refractivity contribution in [2.75, 3.05) is 46.5 Å². The Morgan fingerprint density at radius 2 is 2.21 bits per heavy atom. The van der Waals surface area contributed by atoms with Crippen LogP contribution < -0.4 is 5.32 Å². The fourth-order valence-corrected chi connectivity index (χ4v) is 3.41. The Morgan fingerprint density at radius 1 is 1.37 bits per heavy atom. The van der Waals surface area contributed by atoms with Crippen LogP contribution in [-0.2, 0) is 9.47 Å². The summed E-state index contributed by atoms with van der Waals surface area (Å²) in [5, 5.41) is 3.62. The molecular formula is C15H30N2O2. The third kappa shape index (κ3) is 4.15. The largest absolute Gasteiger partial charge is 0.381 e. The highest BCUT2D eigenvalue weighted by Gasteiger charge is 2.31. The number of ether oxygens (including phenoxy) is 2. The summed E-state index contributed by atoms with van der Waals surface area (Å²) < 4.78 is 11.3. The monoisotopic (exact) mass is 270 g/mol. The van der Waals surface area contributed by atoms with Crippen LogP contribution in [0, 0.1) is 11.8 Å². The molecule has 0 spiro atoms. The summed E-state index contributed by atoms with van der Waals surface area (Å²) in [4.78, 5) is 2.57. The molecule has 0 radical (unpaired) electrons. The van der Waals surface area contributed by atoms with Gasteiger partial charge in [-0.3, -0.25) is 0 Å². The van der Waals surface area contributed by atoms with Crippen LogP contribution in [0.2, 0.25) is 0 Å². The van der Waals surface area contributed by atoms with Gasteiger partial charge < -0.3 is 19.7 Å². The van der Waals surface area contributed by atoms with Crippen LogP contribution in [0.3, 0.4) is 0 Å². The summed E-state index contributed by atoms with van der Waals surface area (Å²) in [6.45, 7) is 10.8. The number of piperidine rings is 1. The van der Waals surface area contributed by atoms with Crippen LogP contribution >= 0.6 is 0 Å². The minimum absolute atomic E-state index is 0.399. The third-order valence-electron chi connectivity index (χ3n) is 4.71. The number of hydrogen-bond acceptors (Lipinski definition) is 4. The van der Waals surface area contributed by atoms with Crippen molar-refractivity contribution in [2.45, 2.75) is 38.8 Å². The average molecular weight is 270 g/mol.